The summed E-state index contributed by atoms with van der Waals surface area (Å²) in [6, 6.07) is 3.22. The summed E-state index contributed by atoms with van der Waals surface area (Å²) >= 11 is 0. The van der Waals surface area contributed by atoms with Crippen molar-refractivity contribution in [3.8, 4) is 5.75 Å². The van der Waals surface area contributed by atoms with Gasteiger partial charge in [-0.1, -0.05) is 19.3 Å². The van der Waals surface area contributed by atoms with Crippen molar-refractivity contribution in [3.05, 3.63) is 39.2 Å². The molecule has 1 saturated carbocycles. The largest absolute Gasteiger partial charge is 0.508 e. The van der Waals surface area contributed by atoms with E-state index in [9.17, 15) is 24.6 Å². The molecule has 1 amide bonds. The lowest BCUT2D eigenvalue weighted by molar-refractivity contribution is -0.149. The third-order valence-corrected chi connectivity index (χ3v) is 5.77. The van der Waals surface area contributed by atoms with Crippen LogP contribution in [-0.4, -0.2) is 27.6 Å². The molecule has 1 aromatic heterocycles. The van der Waals surface area contributed by atoms with Gasteiger partial charge in [0.05, 0.1) is 0 Å². The molecule has 7 nitrogen and oxygen atoms in total. The third kappa shape index (κ3) is 3.61. The number of amides is 1. The minimum absolute atomic E-state index is 0.00318. The minimum atomic E-state index is -1.20. The Kier molecular flexibility index (Phi) is 5.45. The Hall–Kier alpha value is -2.83. The fraction of sp³-hybridized carbons (Fsp3) is 0.476. The van der Waals surface area contributed by atoms with E-state index in [0.717, 1.165) is 19.3 Å². The molecular formula is C21H25NO6. The van der Waals surface area contributed by atoms with Gasteiger partial charge in [0.1, 0.15) is 16.9 Å². The predicted octanol–water partition coefficient (Wildman–Crippen LogP) is 2.95. The van der Waals surface area contributed by atoms with Gasteiger partial charge in [-0.05, 0) is 50.8 Å². The molecule has 2 aromatic rings. The van der Waals surface area contributed by atoms with Crippen LogP contribution in [0.4, 0.5) is 0 Å². The smallest absolute Gasteiger partial charge is 0.339 e. The predicted molar refractivity (Wildman–Crippen MR) is 104 cm³/mol. The Labute approximate surface area is 162 Å². The number of benzene rings is 1. The van der Waals surface area contributed by atoms with Crippen molar-refractivity contribution in [1.82, 2.24) is 5.32 Å². The highest BCUT2D eigenvalue weighted by Gasteiger charge is 2.40. The number of carbonyl (C=O) groups is 2. The van der Waals surface area contributed by atoms with E-state index in [4.69, 9.17) is 4.42 Å². The molecule has 3 N–H and O–H groups in total. The first kappa shape index (κ1) is 19.9. The first-order valence-corrected chi connectivity index (χ1v) is 9.54. The van der Waals surface area contributed by atoms with Gasteiger partial charge in [-0.25, -0.2) is 9.59 Å². The maximum atomic E-state index is 12.4. The summed E-state index contributed by atoms with van der Waals surface area (Å²) in [5.74, 6) is -1.34. The second-order valence-corrected chi connectivity index (χ2v) is 7.58. The number of aromatic hydroxyl groups is 1. The molecular weight excluding hydrogens is 362 g/mol. The Morgan fingerprint density at radius 2 is 1.82 bits per heavy atom. The fourth-order valence-electron chi connectivity index (χ4n) is 3.98. The van der Waals surface area contributed by atoms with Crippen LogP contribution in [0.1, 0.15) is 55.2 Å². The van der Waals surface area contributed by atoms with Gasteiger partial charge < -0.3 is 19.9 Å². The van der Waals surface area contributed by atoms with Gasteiger partial charge in [-0.15, -0.1) is 0 Å². The van der Waals surface area contributed by atoms with Crippen molar-refractivity contribution < 1.29 is 24.2 Å². The first-order valence-electron chi connectivity index (χ1n) is 9.54. The number of phenolic OH excluding ortho intramolecular Hbond substituents is 1. The molecule has 0 bridgehead atoms. The molecule has 1 fully saturated rings. The summed E-state index contributed by atoms with van der Waals surface area (Å²) < 4.78 is 5.38. The van der Waals surface area contributed by atoms with E-state index in [-0.39, 0.29) is 24.5 Å². The number of phenols is 1. The SMILES string of the molecule is Cc1c(CCC(=O)NC2(C(=O)O)CCCCC2)c(=O)oc2c(C)c(O)ccc12. The van der Waals surface area contributed by atoms with Crippen LogP contribution in [0.15, 0.2) is 21.3 Å². The van der Waals surface area contributed by atoms with E-state index in [2.05, 4.69) is 5.32 Å². The monoisotopic (exact) mass is 387 g/mol. The molecule has 1 aromatic carbocycles. The Balaban J connectivity index is 1.80. The van der Waals surface area contributed by atoms with Crippen molar-refractivity contribution in [3.63, 3.8) is 0 Å². The van der Waals surface area contributed by atoms with Gasteiger partial charge in [-0.2, -0.15) is 0 Å². The van der Waals surface area contributed by atoms with Crippen molar-refractivity contribution in [2.45, 2.75) is 64.3 Å². The van der Waals surface area contributed by atoms with Gasteiger partial charge in [0, 0.05) is 22.9 Å². The lowest BCUT2D eigenvalue weighted by Crippen LogP contribution is -2.55. The number of nitrogens with one attached hydrogen (secondary N) is 1. The normalized spacial score (nSPS) is 16.1. The van der Waals surface area contributed by atoms with E-state index in [1.54, 1.807) is 26.0 Å². The number of hydrogen-bond acceptors (Lipinski definition) is 5. The molecule has 0 aliphatic heterocycles. The van der Waals surface area contributed by atoms with E-state index in [1.807, 2.05) is 0 Å². The number of hydrogen-bond donors (Lipinski definition) is 3. The maximum absolute atomic E-state index is 12.4. The molecule has 0 radical (unpaired) electrons. The summed E-state index contributed by atoms with van der Waals surface area (Å²) in [6.45, 7) is 3.45. The lowest BCUT2D eigenvalue weighted by Gasteiger charge is -2.34. The molecule has 1 aliphatic carbocycles. The number of carboxylic acid groups (broad SMARTS) is 1. The summed E-state index contributed by atoms with van der Waals surface area (Å²) in [5.41, 5.74) is 0.170. The molecule has 0 unspecified atom stereocenters. The van der Waals surface area contributed by atoms with Crippen LogP contribution in [-0.2, 0) is 16.0 Å². The average molecular weight is 387 g/mol. The lowest BCUT2D eigenvalue weighted by atomic mass is 9.81. The second-order valence-electron chi connectivity index (χ2n) is 7.58. The van der Waals surface area contributed by atoms with Crippen molar-refractivity contribution in [2.24, 2.45) is 0 Å². The molecule has 1 heterocycles. The molecule has 0 saturated heterocycles. The number of aryl methyl sites for hydroxylation is 2. The van der Waals surface area contributed by atoms with Crippen LogP contribution < -0.4 is 10.9 Å². The zero-order chi connectivity index (χ0) is 20.5. The molecule has 3 rings (SSSR count). The van der Waals surface area contributed by atoms with Crippen LogP contribution in [0.25, 0.3) is 11.0 Å². The third-order valence-electron chi connectivity index (χ3n) is 5.77. The highest BCUT2D eigenvalue weighted by molar-refractivity contribution is 5.88. The topological polar surface area (TPSA) is 117 Å². The quantitative estimate of drug-likeness (QED) is 0.679. The Morgan fingerprint density at radius 1 is 1.14 bits per heavy atom. The van der Waals surface area contributed by atoms with Crippen molar-refractivity contribution in [2.75, 3.05) is 0 Å². The summed E-state index contributed by atoms with van der Waals surface area (Å²) in [7, 11) is 0. The van der Waals surface area contributed by atoms with Crippen molar-refractivity contribution in [1.29, 1.82) is 0 Å². The van der Waals surface area contributed by atoms with E-state index in [1.165, 1.54) is 0 Å². The van der Waals surface area contributed by atoms with Crippen LogP contribution >= 0.6 is 0 Å². The van der Waals surface area contributed by atoms with Crippen LogP contribution in [0.3, 0.4) is 0 Å². The maximum Gasteiger partial charge on any atom is 0.339 e. The number of fused-ring (bicyclic) bond motifs is 1. The molecule has 150 valence electrons. The first-order chi connectivity index (χ1) is 13.2. The standard InChI is InChI=1S/C21H25NO6/c1-12-14-6-8-16(23)13(2)18(14)28-19(25)15(12)7-9-17(24)22-21(20(26)27)10-4-3-5-11-21/h6,8,23H,3-5,7,9-11H2,1-2H3,(H,22,24)(H,26,27). The van der Waals surface area contributed by atoms with E-state index < -0.39 is 17.1 Å². The molecule has 1 aliphatic rings. The molecule has 0 atom stereocenters. The number of carbonyl (C=O) groups excluding carboxylic acids is 1. The van der Waals surface area contributed by atoms with Crippen LogP contribution in [0, 0.1) is 13.8 Å². The van der Waals surface area contributed by atoms with Gasteiger partial charge in [0.2, 0.25) is 5.91 Å². The van der Waals surface area contributed by atoms with Crippen LogP contribution in [0.2, 0.25) is 0 Å². The summed E-state index contributed by atoms with van der Waals surface area (Å²) in [4.78, 5) is 36.6. The molecule has 0 spiro atoms. The number of carboxylic acids is 1. The average Bonchev–Trinajstić information content (AvgIpc) is 2.65. The number of aliphatic carboxylic acids is 1. The van der Waals surface area contributed by atoms with E-state index >= 15 is 0 Å². The zero-order valence-corrected chi connectivity index (χ0v) is 16.1. The van der Waals surface area contributed by atoms with E-state index in [0.29, 0.717) is 40.5 Å². The highest BCUT2D eigenvalue weighted by Crippen LogP contribution is 2.30. The van der Waals surface area contributed by atoms with Crippen molar-refractivity contribution >= 4 is 22.8 Å². The van der Waals surface area contributed by atoms with Gasteiger partial charge >= 0.3 is 11.6 Å². The Morgan fingerprint density at radius 3 is 2.46 bits per heavy atom. The van der Waals surface area contributed by atoms with Gasteiger partial charge in [0.25, 0.3) is 0 Å². The van der Waals surface area contributed by atoms with Crippen LogP contribution in [0.5, 0.6) is 5.75 Å². The fourth-order valence-corrected chi connectivity index (χ4v) is 3.98. The zero-order valence-electron chi connectivity index (χ0n) is 16.1. The highest BCUT2D eigenvalue weighted by atomic mass is 16.4. The Bertz CT molecular complexity index is 985. The van der Waals surface area contributed by atoms with Gasteiger partial charge in [0.15, 0.2) is 0 Å². The minimum Gasteiger partial charge on any atom is -0.508 e. The molecule has 7 heteroatoms. The summed E-state index contributed by atoms with van der Waals surface area (Å²) in [5, 5.41) is 22.8. The second kappa shape index (κ2) is 7.66. The number of rotatable bonds is 5. The van der Waals surface area contributed by atoms with Gasteiger partial charge in [-0.3, -0.25) is 4.79 Å². The molecule has 28 heavy (non-hydrogen) atoms. The summed E-state index contributed by atoms with van der Waals surface area (Å²) in [6.07, 6.45) is 3.52.